The topological polar surface area (TPSA) is 132 Å². The second kappa shape index (κ2) is 58.0. The first-order valence-corrected chi connectivity index (χ1v) is 11.9. The predicted molar refractivity (Wildman–Crippen MR) is 117 cm³/mol. The van der Waals surface area contributed by atoms with Crippen LogP contribution in [0.3, 0.4) is 0 Å². The van der Waals surface area contributed by atoms with Crippen LogP contribution in [0.2, 0.25) is 0 Å². The standard InChI is InChI=1S/C8H16O2.4C4H9O.2Ti/c1-3-5-6-7(4-2)8(9)10;4*1-2-3-4-5;;/h7H,3-6H2,1-2H3,(H,9,10);4*2-4H2,1H3;;/q;4*-1;2*+4/p-1. The number of carbonyl (C=O) groups is 1. The summed E-state index contributed by atoms with van der Waals surface area (Å²) in [6.45, 7) is 12.4. The normalized spacial score (nSPS) is 9.31. The van der Waals surface area contributed by atoms with E-state index in [2.05, 4.69) is 6.92 Å². The van der Waals surface area contributed by atoms with E-state index in [1.807, 2.05) is 34.6 Å². The van der Waals surface area contributed by atoms with E-state index in [9.17, 15) is 30.3 Å². The molecule has 188 valence electrons. The zero-order chi connectivity index (χ0) is 24.5. The predicted octanol–water partition coefficient (Wildman–Crippen LogP) is 1.53. The summed E-state index contributed by atoms with van der Waals surface area (Å²) in [4.78, 5) is 10.3. The molecule has 0 aliphatic carbocycles. The number of carbonyl (C=O) groups excluding carboxylic acids is 1. The molecule has 0 heterocycles. The Kier molecular flexibility index (Phi) is 90.2. The molecule has 32 heavy (non-hydrogen) atoms. The van der Waals surface area contributed by atoms with Gasteiger partial charge in [-0.2, -0.15) is 0 Å². The summed E-state index contributed by atoms with van der Waals surface area (Å²) in [6.07, 6.45) is 11.0. The van der Waals surface area contributed by atoms with E-state index in [4.69, 9.17) is 0 Å². The smallest absolute Gasteiger partial charge is 0.854 e. The van der Waals surface area contributed by atoms with E-state index in [1.54, 1.807) is 0 Å². The molecule has 0 saturated carbocycles. The third-order valence-corrected chi connectivity index (χ3v) is 3.72. The minimum absolute atomic E-state index is 0. The molecule has 0 rings (SSSR count). The van der Waals surface area contributed by atoms with E-state index in [0.717, 1.165) is 70.6 Å². The van der Waals surface area contributed by atoms with Gasteiger partial charge in [-0.15, -0.1) is 26.4 Å². The van der Waals surface area contributed by atoms with Gasteiger partial charge in [0.15, 0.2) is 0 Å². The number of carboxylic acid groups (broad SMARTS) is 1. The minimum Gasteiger partial charge on any atom is -0.854 e. The molecule has 0 fully saturated rings. The van der Waals surface area contributed by atoms with Crippen molar-refractivity contribution in [3.63, 3.8) is 0 Å². The first-order valence-electron chi connectivity index (χ1n) is 11.9. The van der Waals surface area contributed by atoms with Crippen molar-refractivity contribution in [1.82, 2.24) is 0 Å². The van der Waals surface area contributed by atoms with Crippen LogP contribution in [0.15, 0.2) is 0 Å². The molecule has 0 aliphatic rings. The Morgan fingerprint density at radius 2 is 0.812 bits per heavy atom. The largest absolute Gasteiger partial charge is 4.00 e. The van der Waals surface area contributed by atoms with Crippen LogP contribution in [0.4, 0.5) is 0 Å². The molecule has 0 radical (unpaired) electrons. The monoisotopic (exact) mass is 531 g/mol. The third-order valence-electron chi connectivity index (χ3n) is 3.72. The molecule has 1 atom stereocenters. The van der Waals surface area contributed by atoms with Crippen molar-refractivity contribution in [2.24, 2.45) is 5.92 Å². The van der Waals surface area contributed by atoms with Crippen LogP contribution in [0.5, 0.6) is 0 Å². The molecule has 8 heteroatoms. The van der Waals surface area contributed by atoms with Gasteiger partial charge in [0, 0.05) is 5.97 Å². The molecular weight excluding hydrogens is 480 g/mol. The van der Waals surface area contributed by atoms with Crippen LogP contribution >= 0.6 is 0 Å². The number of unbranched alkanes of at least 4 members (excludes halogenated alkanes) is 5. The zero-order valence-electron chi connectivity index (χ0n) is 21.8. The summed E-state index contributed by atoms with van der Waals surface area (Å²) in [5.41, 5.74) is 0. The van der Waals surface area contributed by atoms with Crippen LogP contribution in [0, 0.1) is 5.92 Å². The van der Waals surface area contributed by atoms with Gasteiger partial charge in [0.1, 0.15) is 0 Å². The van der Waals surface area contributed by atoms with E-state index < -0.39 is 5.97 Å². The fourth-order valence-electron chi connectivity index (χ4n) is 1.52. The molecule has 0 N–H and O–H groups in total. The average Bonchev–Trinajstić information content (AvgIpc) is 2.73. The maximum absolute atomic E-state index is 10.3. The van der Waals surface area contributed by atoms with Gasteiger partial charge in [-0.1, -0.05) is 106 Å². The van der Waals surface area contributed by atoms with Crippen molar-refractivity contribution >= 4 is 5.97 Å². The number of hydrogen-bond acceptors (Lipinski definition) is 6. The van der Waals surface area contributed by atoms with E-state index >= 15 is 0 Å². The van der Waals surface area contributed by atoms with Gasteiger partial charge in [-0.3, -0.25) is 0 Å². The van der Waals surface area contributed by atoms with E-state index in [-0.39, 0.29) is 75.8 Å². The third kappa shape index (κ3) is 77.4. The van der Waals surface area contributed by atoms with Gasteiger partial charge in [0.25, 0.3) is 0 Å². The molecule has 1 unspecified atom stereocenters. The molecule has 0 amide bonds. The maximum atomic E-state index is 10.3. The number of aliphatic carboxylic acids is 1. The second-order valence-electron chi connectivity index (χ2n) is 6.80. The number of hydrogen-bond donors (Lipinski definition) is 0. The number of carboxylic acids is 1. The molecule has 0 saturated heterocycles. The summed E-state index contributed by atoms with van der Waals surface area (Å²) >= 11 is 0. The Labute approximate surface area is 229 Å². The molecule has 6 nitrogen and oxygen atoms in total. The fraction of sp³-hybridized carbons (Fsp3) is 0.958. The Morgan fingerprint density at radius 1 is 0.562 bits per heavy atom. The zero-order valence-corrected chi connectivity index (χ0v) is 25.0. The summed E-state index contributed by atoms with van der Waals surface area (Å²) < 4.78 is 0. The van der Waals surface area contributed by atoms with Crippen LogP contribution in [0.1, 0.15) is 119 Å². The maximum Gasteiger partial charge on any atom is 4.00 e. The minimum atomic E-state index is -0.893. The Bertz CT molecular complexity index is 229. The van der Waals surface area contributed by atoms with Crippen molar-refractivity contribution in [2.45, 2.75) is 119 Å². The molecule has 0 aromatic heterocycles. The van der Waals surface area contributed by atoms with Crippen molar-refractivity contribution < 1.29 is 73.8 Å². The molecule has 0 bridgehead atoms. The molecule has 0 spiro atoms. The Balaban J connectivity index is -0.0000000501. The van der Waals surface area contributed by atoms with Gasteiger partial charge in [0.2, 0.25) is 0 Å². The second-order valence-corrected chi connectivity index (χ2v) is 6.80. The van der Waals surface area contributed by atoms with Crippen molar-refractivity contribution in [1.29, 1.82) is 0 Å². The molecular formula is C24H51O6Ti2+3. The SMILES string of the molecule is CCCCC(CC)C(=O)[O-].CCCC[O-].CCCC[O-].CCCC[O-].CCCC[O-].[Ti+4].[Ti+4]. The van der Waals surface area contributed by atoms with Crippen molar-refractivity contribution in [2.75, 3.05) is 26.4 Å². The average molecular weight is 531 g/mol. The first-order chi connectivity index (χ1) is 14.4. The molecule has 0 aromatic rings. The Hall–Kier alpha value is 0.739. The summed E-state index contributed by atoms with van der Waals surface area (Å²) in [7, 11) is 0. The summed E-state index contributed by atoms with van der Waals surface area (Å²) in [5, 5.41) is 48.4. The van der Waals surface area contributed by atoms with E-state index in [1.165, 1.54) is 0 Å². The molecule has 0 aromatic carbocycles. The van der Waals surface area contributed by atoms with Gasteiger partial charge in [-0.25, -0.2) is 0 Å². The quantitative estimate of drug-likeness (QED) is 0.331. The van der Waals surface area contributed by atoms with E-state index in [0.29, 0.717) is 6.42 Å². The van der Waals surface area contributed by atoms with Crippen LogP contribution in [0.25, 0.3) is 0 Å². The summed E-state index contributed by atoms with van der Waals surface area (Å²) in [6, 6.07) is 0. The van der Waals surface area contributed by atoms with Gasteiger partial charge in [-0.05, 0) is 18.8 Å². The van der Waals surface area contributed by atoms with Crippen molar-refractivity contribution in [3.8, 4) is 0 Å². The van der Waals surface area contributed by atoms with Gasteiger partial charge < -0.3 is 30.3 Å². The first kappa shape index (κ1) is 49.8. The van der Waals surface area contributed by atoms with Crippen LogP contribution in [-0.2, 0) is 48.2 Å². The summed E-state index contributed by atoms with van der Waals surface area (Å²) in [5.74, 6) is -1.11. The van der Waals surface area contributed by atoms with Crippen molar-refractivity contribution in [3.05, 3.63) is 0 Å². The molecule has 0 aliphatic heterocycles. The van der Waals surface area contributed by atoms with Crippen LogP contribution in [-0.4, -0.2) is 32.4 Å². The fourth-order valence-corrected chi connectivity index (χ4v) is 1.52. The number of rotatable bonds is 13. The van der Waals surface area contributed by atoms with Gasteiger partial charge >= 0.3 is 43.4 Å². The van der Waals surface area contributed by atoms with Gasteiger partial charge in [0.05, 0.1) is 0 Å². The Morgan fingerprint density at radius 3 is 0.906 bits per heavy atom. The van der Waals surface area contributed by atoms with Crippen LogP contribution < -0.4 is 25.5 Å².